The van der Waals surface area contributed by atoms with E-state index in [0.717, 1.165) is 4.47 Å². The van der Waals surface area contributed by atoms with Crippen LogP contribution in [0.3, 0.4) is 0 Å². The van der Waals surface area contributed by atoms with E-state index < -0.39 is 10.0 Å². The van der Waals surface area contributed by atoms with Crippen LogP contribution in [0.25, 0.3) is 0 Å². The molecule has 7 nitrogen and oxygen atoms in total. The zero-order valence-electron chi connectivity index (χ0n) is 10.7. The lowest BCUT2D eigenvalue weighted by atomic mass is 10.4. The van der Waals surface area contributed by atoms with Crippen LogP contribution in [-0.2, 0) is 16.6 Å². The quantitative estimate of drug-likeness (QED) is 0.832. The molecule has 9 heteroatoms. The summed E-state index contributed by atoms with van der Waals surface area (Å²) in [5.41, 5.74) is 6.09. The third-order valence-corrected chi connectivity index (χ3v) is 4.69. The number of sulfonamides is 1. The molecule has 0 aliphatic heterocycles. The topological polar surface area (TPSA) is 103 Å². The molecule has 3 N–H and O–H groups in total. The fraction of sp³-hybridized carbons (Fsp3) is 0.273. The van der Waals surface area contributed by atoms with Gasteiger partial charge in [0.05, 0.1) is 18.4 Å². The van der Waals surface area contributed by atoms with Gasteiger partial charge < -0.3 is 5.73 Å². The molecule has 2 aromatic rings. The second-order valence-electron chi connectivity index (χ2n) is 4.10. The van der Waals surface area contributed by atoms with Crippen molar-refractivity contribution in [3.8, 4) is 0 Å². The summed E-state index contributed by atoms with van der Waals surface area (Å²) < 4.78 is 29.0. The number of nitrogens with zero attached hydrogens (tertiary/aromatic N) is 3. The minimum Gasteiger partial charge on any atom is -0.329 e. The number of rotatable bonds is 5. The molecule has 0 radical (unpaired) electrons. The summed E-state index contributed by atoms with van der Waals surface area (Å²) in [6.07, 6.45) is 2.71. The molecule has 0 spiro atoms. The summed E-state index contributed by atoms with van der Waals surface area (Å²) in [6, 6.07) is 3.32. The molecule has 108 valence electrons. The van der Waals surface area contributed by atoms with Gasteiger partial charge in [0.15, 0.2) is 0 Å². The lowest BCUT2D eigenvalue weighted by Crippen LogP contribution is -2.14. The Labute approximate surface area is 125 Å². The Morgan fingerprint density at radius 2 is 2.20 bits per heavy atom. The SMILES string of the molecule is Cc1nc(NS(=O)(=O)c2cnn(CCN)c2)ccc1Br. The monoisotopic (exact) mass is 359 g/mol. The van der Waals surface area contributed by atoms with E-state index in [-0.39, 0.29) is 10.7 Å². The first-order chi connectivity index (χ1) is 9.42. The third kappa shape index (κ3) is 3.35. The summed E-state index contributed by atoms with van der Waals surface area (Å²) in [4.78, 5) is 4.22. The number of nitrogens with two attached hydrogens (primary N) is 1. The molecule has 0 saturated carbocycles. The number of nitrogens with one attached hydrogen (secondary N) is 1. The molecule has 0 aliphatic rings. The molecule has 2 heterocycles. The Kier molecular flexibility index (Phi) is 4.41. The van der Waals surface area contributed by atoms with E-state index in [4.69, 9.17) is 5.73 Å². The zero-order chi connectivity index (χ0) is 14.8. The van der Waals surface area contributed by atoms with Crippen LogP contribution in [0.1, 0.15) is 5.69 Å². The third-order valence-electron chi connectivity index (χ3n) is 2.54. The number of aromatic nitrogens is 3. The summed E-state index contributed by atoms with van der Waals surface area (Å²) in [6.45, 7) is 2.63. The fourth-order valence-electron chi connectivity index (χ4n) is 1.54. The van der Waals surface area contributed by atoms with Crippen LogP contribution < -0.4 is 10.5 Å². The Bertz CT molecular complexity index is 713. The first kappa shape index (κ1) is 14.9. The highest BCUT2D eigenvalue weighted by molar-refractivity contribution is 9.10. The summed E-state index contributed by atoms with van der Waals surface area (Å²) in [7, 11) is -3.69. The molecule has 0 saturated heterocycles. The first-order valence-electron chi connectivity index (χ1n) is 5.81. The first-order valence-corrected chi connectivity index (χ1v) is 8.08. The van der Waals surface area contributed by atoms with Crippen LogP contribution in [0.15, 0.2) is 33.9 Å². The van der Waals surface area contributed by atoms with Crippen molar-refractivity contribution in [3.05, 3.63) is 34.7 Å². The number of hydrogen-bond acceptors (Lipinski definition) is 5. The van der Waals surface area contributed by atoms with Crippen molar-refractivity contribution in [2.24, 2.45) is 5.73 Å². The number of halogens is 1. The second kappa shape index (κ2) is 5.90. The maximum atomic E-state index is 12.2. The van der Waals surface area contributed by atoms with Gasteiger partial charge in [-0.25, -0.2) is 13.4 Å². The van der Waals surface area contributed by atoms with Crippen molar-refractivity contribution >= 4 is 31.8 Å². The molecular weight excluding hydrogens is 346 g/mol. The highest BCUT2D eigenvalue weighted by Gasteiger charge is 2.17. The molecule has 0 unspecified atom stereocenters. The smallest absolute Gasteiger partial charge is 0.266 e. The van der Waals surface area contributed by atoms with Gasteiger partial charge in [-0.05, 0) is 35.0 Å². The number of anilines is 1. The van der Waals surface area contributed by atoms with Gasteiger partial charge in [-0.15, -0.1) is 0 Å². The van der Waals surface area contributed by atoms with Crippen LogP contribution in [0.2, 0.25) is 0 Å². The van der Waals surface area contributed by atoms with Crippen molar-refractivity contribution in [1.29, 1.82) is 0 Å². The van der Waals surface area contributed by atoms with E-state index in [1.807, 2.05) is 0 Å². The second-order valence-corrected chi connectivity index (χ2v) is 6.63. The Morgan fingerprint density at radius 3 is 2.85 bits per heavy atom. The van der Waals surface area contributed by atoms with Crippen molar-refractivity contribution in [3.63, 3.8) is 0 Å². The average Bonchev–Trinajstić information content (AvgIpc) is 2.83. The van der Waals surface area contributed by atoms with E-state index in [2.05, 4.69) is 30.7 Å². The highest BCUT2D eigenvalue weighted by Crippen LogP contribution is 2.18. The summed E-state index contributed by atoms with van der Waals surface area (Å²) in [5, 5.41) is 3.94. The Balaban J connectivity index is 2.23. The molecule has 20 heavy (non-hydrogen) atoms. The van der Waals surface area contributed by atoms with E-state index in [9.17, 15) is 8.42 Å². The maximum absolute atomic E-state index is 12.2. The average molecular weight is 360 g/mol. The molecular formula is C11H14BrN5O2S. The Morgan fingerprint density at radius 1 is 1.45 bits per heavy atom. The van der Waals surface area contributed by atoms with E-state index >= 15 is 0 Å². The highest BCUT2D eigenvalue weighted by atomic mass is 79.9. The molecule has 0 atom stereocenters. The van der Waals surface area contributed by atoms with E-state index in [1.165, 1.54) is 17.1 Å². The maximum Gasteiger partial charge on any atom is 0.266 e. The summed E-state index contributed by atoms with van der Waals surface area (Å²) in [5.74, 6) is 0.261. The predicted molar refractivity (Wildman–Crippen MR) is 78.8 cm³/mol. The van der Waals surface area contributed by atoms with E-state index in [1.54, 1.807) is 19.1 Å². The van der Waals surface area contributed by atoms with E-state index in [0.29, 0.717) is 18.8 Å². The zero-order valence-corrected chi connectivity index (χ0v) is 13.1. The standard InChI is InChI=1S/C11H14BrN5O2S/c1-8-10(12)2-3-11(15-8)16-20(18,19)9-6-14-17(7-9)5-4-13/h2-3,6-7H,4-5,13H2,1H3,(H,15,16). The number of aryl methyl sites for hydroxylation is 1. The molecule has 2 rings (SSSR count). The fourth-order valence-corrected chi connectivity index (χ4v) is 2.71. The van der Waals surface area contributed by atoms with Gasteiger partial charge in [0.25, 0.3) is 10.0 Å². The van der Waals surface area contributed by atoms with Gasteiger partial charge in [0.2, 0.25) is 0 Å². The van der Waals surface area contributed by atoms with Crippen molar-refractivity contribution < 1.29 is 8.42 Å². The lowest BCUT2D eigenvalue weighted by Gasteiger charge is -2.06. The molecule has 2 aromatic heterocycles. The van der Waals surface area contributed by atoms with Crippen molar-refractivity contribution in [2.75, 3.05) is 11.3 Å². The van der Waals surface area contributed by atoms with Crippen molar-refractivity contribution in [1.82, 2.24) is 14.8 Å². The molecule has 0 fully saturated rings. The number of hydrogen-bond donors (Lipinski definition) is 2. The molecule has 0 aliphatic carbocycles. The van der Waals surface area contributed by atoms with Gasteiger partial charge in [-0.1, -0.05) is 0 Å². The van der Waals surface area contributed by atoms with Gasteiger partial charge in [-0.3, -0.25) is 9.40 Å². The lowest BCUT2D eigenvalue weighted by molar-refractivity contribution is 0.599. The van der Waals surface area contributed by atoms with Crippen LogP contribution in [0.5, 0.6) is 0 Å². The number of pyridine rings is 1. The minimum absolute atomic E-state index is 0.0771. The molecule has 0 aromatic carbocycles. The van der Waals surface area contributed by atoms with Crippen LogP contribution in [0, 0.1) is 6.92 Å². The van der Waals surface area contributed by atoms with Crippen LogP contribution >= 0.6 is 15.9 Å². The van der Waals surface area contributed by atoms with Gasteiger partial charge in [-0.2, -0.15) is 5.10 Å². The predicted octanol–water partition coefficient (Wildman–Crippen LogP) is 1.11. The normalized spacial score (nSPS) is 11.6. The minimum atomic E-state index is -3.69. The molecule has 0 amide bonds. The summed E-state index contributed by atoms with van der Waals surface area (Å²) >= 11 is 3.31. The van der Waals surface area contributed by atoms with Gasteiger partial charge in [0, 0.05) is 17.2 Å². The van der Waals surface area contributed by atoms with Crippen molar-refractivity contribution in [2.45, 2.75) is 18.4 Å². The van der Waals surface area contributed by atoms with Gasteiger partial charge in [0.1, 0.15) is 10.7 Å². The largest absolute Gasteiger partial charge is 0.329 e. The van der Waals surface area contributed by atoms with Crippen LogP contribution in [-0.4, -0.2) is 29.7 Å². The van der Waals surface area contributed by atoms with Gasteiger partial charge >= 0.3 is 0 Å². The molecule has 0 bridgehead atoms. The van der Waals surface area contributed by atoms with Crippen LogP contribution in [0.4, 0.5) is 5.82 Å². The Hall–Kier alpha value is -1.45.